The van der Waals surface area contributed by atoms with Gasteiger partial charge in [-0.25, -0.2) is 4.98 Å². The van der Waals surface area contributed by atoms with Crippen molar-refractivity contribution >= 4 is 17.2 Å². The number of pyridine rings is 1. The quantitative estimate of drug-likeness (QED) is 0.740. The Bertz CT molecular complexity index is 487. The first-order chi connectivity index (χ1) is 6.65. The number of rotatable bonds is 1. The van der Waals surface area contributed by atoms with Crippen LogP contribution in [0.1, 0.15) is 12.6 Å². The van der Waals surface area contributed by atoms with E-state index in [0.29, 0.717) is 0 Å². The van der Waals surface area contributed by atoms with Gasteiger partial charge in [0.05, 0.1) is 11.4 Å². The fraction of sp³-hybridized carbons (Fsp3) is 0.200. The minimum Gasteiger partial charge on any atom is -0.325 e. The van der Waals surface area contributed by atoms with Gasteiger partial charge in [-0.1, -0.05) is 0 Å². The van der Waals surface area contributed by atoms with E-state index >= 15 is 0 Å². The summed E-state index contributed by atoms with van der Waals surface area (Å²) in [4.78, 5) is 15.1. The summed E-state index contributed by atoms with van der Waals surface area (Å²) in [5, 5.41) is 2.72. The molecular formula is C10H11N3O. The Labute approximate surface area is 81.6 Å². The molecule has 2 heterocycles. The van der Waals surface area contributed by atoms with Crippen LogP contribution in [0.25, 0.3) is 5.65 Å². The SMILES string of the molecule is CC(=O)Nc1ccc2nc(C)cn2c1. The molecular weight excluding hydrogens is 178 g/mol. The summed E-state index contributed by atoms with van der Waals surface area (Å²) in [5.41, 5.74) is 2.63. The average molecular weight is 189 g/mol. The molecule has 0 aliphatic carbocycles. The van der Waals surface area contributed by atoms with Crippen LogP contribution in [0, 0.1) is 6.92 Å². The van der Waals surface area contributed by atoms with E-state index in [2.05, 4.69) is 10.3 Å². The van der Waals surface area contributed by atoms with E-state index in [9.17, 15) is 4.79 Å². The molecule has 0 radical (unpaired) electrons. The standard InChI is InChI=1S/C10H11N3O/c1-7-5-13-6-9(12-8(2)14)3-4-10(13)11-7/h3-6H,1-2H3,(H,12,14). The molecule has 4 nitrogen and oxygen atoms in total. The Morgan fingerprint density at radius 3 is 2.93 bits per heavy atom. The second-order valence-electron chi connectivity index (χ2n) is 3.25. The van der Waals surface area contributed by atoms with Crippen LogP contribution in [0.5, 0.6) is 0 Å². The van der Waals surface area contributed by atoms with Crippen LogP contribution in [0.4, 0.5) is 5.69 Å². The number of nitrogens with one attached hydrogen (secondary N) is 1. The maximum absolute atomic E-state index is 10.8. The molecule has 2 aromatic heterocycles. The number of aryl methyl sites for hydroxylation is 1. The Balaban J connectivity index is 2.45. The van der Waals surface area contributed by atoms with Crippen molar-refractivity contribution in [2.75, 3.05) is 5.32 Å². The Morgan fingerprint density at radius 1 is 1.43 bits per heavy atom. The number of aromatic nitrogens is 2. The van der Waals surface area contributed by atoms with Crippen molar-refractivity contribution in [1.82, 2.24) is 9.38 Å². The molecule has 0 aliphatic heterocycles. The highest BCUT2D eigenvalue weighted by atomic mass is 16.1. The van der Waals surface area contributed by atoms with E-state index in [1.807, 2.05) is 35.9 Å². The molecule has 1 N–H and O–H groups in total. The number of amides is 1. The molecule has 0 unspecified atom stereocenters. The molecule has 0 atom stereocenters. The van der Waals surface area contributed by atoms with E-state index in [-0.39, 0.29) is 5.91 Å². The molecule has 2 rings (SSSR count). The van der Waals surface area contributed by atoms with Gasteiger partial charge in [0.1, 0.15) is 5.65 Å². The number of carbonyl (C=O) groups is 1. The van der Waals surface area contributed by atoms with Gasteiger partial charge in [-0.15, -0.1) is 0 Å². The van der Waals surface area contributed by atoms with Crippen LogP contribution in [-0.2, 0) is 4.79 Å². The molecule has 0 saturated heterocycles. The predicted octanol–water partition coefficient (Wildman–Crippen LogP) is 1.60. The molecule has 14 heavy (non-hydrogen) atoms. The minimum absolute atomic E-state index is 0.0683. The number of hydrogen-bond donors (Lipinski definition) is 1. The third-order valence-electron chi connectivity index (χ3n) is 1.89. The van der Waals surface area contributed by atoms with E-state index in [1.165, 1.54) is 6.92 Å². The summed E-state index contributed by atoms with van der Waals surface area (Å²) in [6.07, 6.45) is 3.76. The molecule has 4 heteroatoms. The fourth-order valence-electron chi connectivity index (χ4n) is 1.40. The lowest BCUT2D eigenvalue weighted by Crippen LogP contribution is -2.06. The Kier molecular flexibility index (Phi) is 1.96. The number of fused-ring (bicyclic) bond motifs is 1. The Morgan fingerprint density at radius 2 is 2.21 bits per heavy atom. The second kappa shape index (κ2) is 3.14. The van der Waals surface area contributed by atoms with Gasteiger partial charge in [0.15, 0.2) is 0 Å². The molecule has 2 aromatic rings. The van der Waals surface area contributed by atoms with E-state index < -0.39 is 0 Å². The van der Waals surface area contributed by atoms with Gasteiger partial charge >= 0.3 is 0 Å². The minimum atomic E-state index is -0.0683. The van der Waals surface area contributed by atoms with Crippen molar-refractivity contribution in [3.8, 4) is 0 Å². The predicted molar refractivity (Wildman–Crippen MR) is 54.2 cm³/mol. The van der Waals surface area contributed by atoms with Crippen molar-refractivity contribution in [2.24, 2.45) is 0 Å². The third-order valence-corrected chi connectivity index (χ3v) is 1.89. The van der Waals surface area contributed by atoms with Crippen molar-refractivity contribution in [2.45, 2.75) is 13.8 Å². The summed E-state index contributed by atoms with van der Waals surface area (Å²) in [7, 11) is 0. The highest BCUT2D eigenvalue weighted by molar-refractivity contribution is 5.88. The number of nitrogens with zero attached hydrogens (tertiary/aromatic N) is 2. The fourth-order valence-corrected chi connectivity index (χ4v) is 1.40. The largest absolute Gasteiger partial charge is 0.325 e. The van der Waals surface area contributed by atoms with Gasteiger partial charge in [0.25, 0.3) is 0 Å². The first kappa shape index (κ1) is 8.74. The maximum atomic E-state index is 10.8. The molecule has 0 aliphatic rings. The summed E-state index contributed by atoms with van der Waals surface area (Å²) in [5.74, 6) is -0.0683. The maximum Gasteiger partial charge on any atom is 0.221 e. The van der Waals surface area contributed by atoms with Crippen LogP contribution < -0.4 is 5.32 Å². The van der Waals surface area contributed by atoms with Gasteiger partial charge < -0.3 is 9.72 Å². The van der Waals surface area contributed by atoms with Crippen molar-refractivity contribution in [3.05, 3.63) is 30.2 Å². The molecule has 0 fully saturated rings. The van der Waals surface area contributed by atoms with E-state index in [4.69, 9.17) is 0 Å². The summed E-state index contributed by atoms with van der Waals surface area (Å²) in [6.45, 7) is 3.43. The van der Waals surface area contributed by atoms with Crippen LogP contribution in [0.3, 0.4) is 0 Å². The average Bonchev–Trinajstić information content (AvgIpc) is 2.42. The zero-order valence-electron chi connectivity index (χ0n) is 8.11. The zero-order valence-corrected chi connectivity index (χ0v) is 8.11. The highest BCUT2D eigenvalue weighted by Gasteiger charge is 1.99. The van der Waals surface area contributed by atoms with Crippen LogP contribution in [0.2, 0.25) is 0 Å². The van der Waals surface area contributed by atoms with Gasteiger partial charge in [0.2, 0.25) is 5.91 Å². The van der Waals surface area contributed by atoms with E-state index in [0.717, 1.165) is 17.0 Å². The lowest BCUT2D eigenvalue weighted by Gasteiger charge is -2.01. The first-order valence-corrected chi connectivity index (χ1v) is 4.38. The van der Waals surface area contributed by atoms with Gasteiger partial charge in [-0.3, -0.25) is 4.79 Å². The smallest absolute Gasteiger partial charge is 0.221 e. The molecule has 0 spiro atoms. The highest BCUT2D eigenvalue weighted by Crippen LogP contribution is 2.10. The normalized spacial score (nSPS) is 10.4. The first-order valence-electron chi connectivity index (χ1n) is 4.38. The monoisotopic (exact) mass is 189 g/mol. The summed E-state index contributed by atoms with van der Waals surface area (Å²) in [6, 6.07) is 3.71. The van der Waals surface area contributed by atoms with Gasteiger partial charge in [-0.2, -0.15) is 0 Å². The molecule has 0 bridgehead atoms. The van der Waals surface area contributed by atoms with E-state index in [1.54, 1.807) is 0 Å². The van der Waals surface area contributed by atoms with Crippen LogP contribution >= 0.6 is 0 Å². The van der Waals surface area contributed by atoms with Crippen molar-refractivity contribution < 1.29 is 4.79 Å². The van der Waals surface area contributed by atoms with Crippen LogP contribution in [0.15, 0.2) is 24.5 Å². The van der Waals surface area contributed by atoms with Crippen molar-refractivity contribution in [1.29, 1.82) is 0 Å². The molecule has 0 aromatic carbocycles. The van der Waals surface area contributed by atoms with Gasteiger partial charge in [0, 0.05) is 19.3 Å². The Hall–Kier alpha value is -1.84. The van der Waals surface area contributed by atoms with Crippen molar-refractivity contribution in [3.63, 3.8) is 0 Å². The third kappa shape index (κ3) is 1.59. The summed E-state index contributed by atoms with van der Waals surface area (Å²) < 4.78 is 1.89. The zero-order chi connectivity index (χ0) is 10.1. The lowest BCUT2D eigenvalue weighted by atomic mass is 10.4. The van der Waals surface area contributed by atoms with Gasteiger partial charge in [-0.05, 0) is 19.1 Å². The second-order valence-corrected chi connectivity index (χ2v) is 3.25. The molecule has 0 saturated carbocycles. The number of carbonyl (C=O) groups excluding carboxylic acids is 1. The molecule has 1 amide bonds. The number of hydrogen-bond acceptors (Lipinski definition) is 2. The van der Waals surface area contributed by atoms with Crippen LogP contribution in [-0.4, -0.2) is 15.3 Å². The topological polar surface area (TPSA) is 46.4 Å². The number of anilines is 1. The molecule has 72 valence electrons. The lowest BCUT2D eigenvalue weighted by molar-refractivity contribution is -0.114. The summed E-state index contributed by atoms with van der Waals surface area (Å²) >= 11 is 0. The number of imidazole rings is 1.